The standard InChI is InChI=1S/C62H48N2/c1-61(2,3)51-29-17-27-47-55-43(41-25-15-13-23-39(41)37-19-9-7-10-20-37)31-33-45-49-36-54-50(35-53(49)63(57(47)51)59(45)55)46-34-32-44(42-26-16-14-24-40(42)38-21-11-8-12-22-38)56-48-28-18-30-52(62(4,5)6)58(48)64(54)60(46)56/h7-36H,1-6H3/i7D,8D,9D,10D,11D,12D,19D,20D,21D,22D. The molecule has 306 valence electrons. The summed E-state index contributed by atoms with van der Waals surface area (Å²) in [6, 6.07) is 38.3. The van der Waals surface area contributed by atoms with Crippen LogP contribution in [0.3, 0.4) is 0 Å². The summed E-state index contributed by atoms with van der Waals surface area (Å²) in [5.74, 6) is 0. The van der Waals surface area contributed by atoms with Crippen molar-refractivity contribution in [3.63, 3.8) is 0 Å². The molecular formula is C62H48N2. The second-order valence-corrected chi connectivity index (χ2v) is 19.3. The lowest BCUT2D eigenvalue weighted by atomic mass is 9.85. The van der Waals surface area contributed by atoms with Gasteiger partial charge in [0.15, 0.2) is 0 Å². The maximum Gasteiger partial charge on any atom is 0.0629 e. The zero-order valence-corrected chi connectivity index (χ0v) is 36.4. The molecule has 0 fully saturated rings. The number of hydrogen-bond donors (Lipinski definition) is 0. The molecule has 0 aliphatic carbocycles. The van der Waals surface area contributed by atoms with E-state index in [1.807, 2.05) is 48.5 Å². The van der Waals surface area contributed by atoms with Gasteiger partial charge in [-0.15, -0.1) is 0 Å². The van der Waals surface area contributed by atoms with Crippen LogP contribution >= 0.6 is 0 Å². The van der Waals surface area contributed by atoms with Crippen molar-refractivity contribution in [3.05, 3.63) is 193 Å². The third-order valence-electron chi connectivity index (χ3n) is 13.6. The van der Waals surface area contributed by atoms with Gasteiger partial charge in [0, 0.05) is 43.1 Å². The van der Waals surface area contributed by atoms with Crippen LogP contribution in [0.2, 0.25) is 0 Å². The Morgan fingerprint density at radius 3 is 1.12 bits per heavy atom. The van der Waals surface area contributed by atoms with Gasteiger partial charge < -0.3 is 8.80 Å². The maximum atomic E-state index is 9.03. The average Bonchev–Trinajstić information content (AvgIpc) is 4.16. The van der Waals surface area contributed by atoms with Crippen molar-refractivity contribution in [1.29, 1.82) is 0 Å². The Labute approximate surface area is 387 Å². The first-order valence-electron chi connectivity index (χ1n) is 27.0. The Kier molecular flexibility index (Phi) is 5.78. The van der Waals surface area contributed by atoms with Crippen LogP contribution in [-0.4, -0.2) is 8.80 Å². The van der Waals surface area contributed by atoms with Gasteiger partial charge in [-0.3, -0.25) is 0 Å². The molecule has 4 aromatic heterocycles. The van der Waals surface area contributed by atoms with E-state index in [4.69, 9.17) is 13.7 Å². The SMILES string of the molecule is [2H]c1c([2H])c([2H])c(-c2ccccc2-c2ccc3c4cc5c(cc4n4c6c(C(C)(C)C)cccc6c2c34)c2ccc(-c3ccccc3-c3c([2H])c([2H])c([2H])c([2H])c3[2H])c3c4cccc(C(C)(C)C)c4n5c23)c([2H])c1[2H]. The molecule has 64 heavy (non-hydrogen) atoms. The fraction of sp³-hybridized carbons (Fsp3) is 0.129. The summed E-state index contributed by atoms with van der Waals surface area (Å²) in [5, 5.41) is 8.42. The second-order valence-electron chi connectivity index (χ2n) is 19.3. The fourth-order valence-corrected chi connectivity index (χ4v) is 11.0. The minimum Gasteiger partial charge on any atom is -0.308 e. The van der Waals surface area contributed by atoms with Crippen LogP contribution in [0.4, 0.5) is 0 Å². The van der Waals surface area contributed by atoms with Crippen LogP contribution in [0.5, 0.6) is 0 Å². The van der Waals surface area contributed by atoms with Crippen molar-refractivity contribution in [2.24, 2.45) is 0 Å². The molecule has 0 N–H and O–H groups in total. The Balaban J connectivity index is 1.17. The van der Waals surface area contributed by atoms with E-state index in [-0.39, 0.29) is 70.3 Å². The molecule has 13 aromatic rings. The Morgan fingerprint density at radius 2 is 0.734 bits per heavy atom. The monoisotopic (exact) mass is 830 g/mol. The quantitative estimate of drug-likeness (QED) is 0.167. The van der Waals surface area contributed by atoms with Gasteiger partial charge >= 0.3 is 0 Å². The Hall–Kier alpha value is -7.42. The topological polar surface area (TPSA) is 8.82 Å². The number of aromatic nitrogens is 2. The normalized spacial score (nSPS) is 15.0. The van der Waals surface area contributed by atoms with Gasteiger partial charge in [0.1, 0.15) is 0 Å². The minimum absolute atomic E-state index is 0.164. The van der Waals surface area contributed by atoms with Crippen LogP contribution < -0.4 is 0 Å². The zero-order valence-electron chi connectivity index (χ0n) is 46.4. The summed E-state index contributed by atoms with van der Waals surface area (Å²) in [6.07, 6.45) is 0. The molecule has 9 aromatic carbocycles. The van der Waals surface area contributed by atoms with E-state index in [0.29, 0.717) is 11.1 Å². The highest BCUT2D eigenvalue weighted by molar-refractivity contribution is 6.32. The summed E-state index contributed by atoms with van der Waals surface area (Å²) >= 11 is 0. The number of benzene rings is 9. The number of para-hydroxylation sites is 2. The third-order valence-corrected chi connectivity index (χ3v) is 13.6. The minimum atomic E-state index is -0.426. The first kappa shape index (κ1) is 28.3. The second kappa shape index (κ2) is 13.1. The third kappa shape index (κ3) is 5.03. The summed E-state index contributed by atoms with van der Waals surface area (Å²) in [5.41, 5.74) is 13.0. The predicted octanol–water partition coefficient (Wildman–Crippen LogP) is 17.2. The van der Waals surface area contributed by atoms with Gasteiger partial charge in [-0.25, -0.2) is 0 Å². The molecule has 0 aliphatic heterocycles. The van der Waals surface area contributed by atoms with Crippen LogP contribution in [0, 0.1) is 0 Å². The van der Waals surface area contributed by atoms with Gasteiger partial charge in [-0.05, 0) is 78.6 Å². The van der Waals surface area contributed by atoms with Gasteiger partial charge in [-0.1, -0.05) is 211 Å². The van der Waals surface area contributed by atoms with E-state index in [9.17, 15) is 0 Å². The molecule has 0 bridgehead atoms. The van der Waals surface area contributed by atoms with E-state index in [2.05, 4.69) is 123 Å². The molecule has 0 radical (unpaired) electrons. The summed E-state index contributed by atoms with van der Waals surface area (Å²) < 4.78 is 92.0. The Morgan fingerprint density at radius 1 is 0.344 bits per heavy atom. The van der Waals surface area contributed by atoms with Crippen molar-refractivity contribution in [2.45, 2.75) is 52.4 Å². The average molecular weight is 831 g/mol. The highest BCUT2D eigenvalue weighted by atomic mass is 14.9. The maximum absolute atomic E-state index is 9.03. The zero-order chi connectivity index (χ0) is 51.9. The van der Waals surface area contributed by atoms with Gasteiger partial charge in [0.25, 0.3) is 0 Å². The number of hydrogen-bond acceptors (Lipinski definition) is 0. The molecule has 0 aliphatic rings. The van der Waals surface area contributed by atoms with Crippen molar-refractivity contribution in [3.8, 4) is 44.5 Å². The lowest BCUT2D eigenvalue weighted by Gasteiger charge is -2.21. The summed E-state index contributed by atoms with van der Waals surface area (Å²) in [4.78, 5) is 0. The summed E-state index contributed by atoms with van der Waals surface area (Å²) in [6.45, 7) is 13.4. The molecule has 2 heteroatoms. The van der Waals surface area contributed by atoms with Crippen LogP contribution in [0.25, 0.3) is 121 Å². The van der Waals surface area contributed by atoms with E-state index in [1.165, 1.54) is 11.1 Å². The smallest absolute Gasteiger partial charge is 0.0629 e. The van der Waals surface area contributed by atoms with E-state index in [0.717, 1.165) is 98.4 Å². The molecule has 2 nitrogen and oxygen atoms in total. The molecule has 13 rings (SSSR count). The van der Waals surface area contributed by atoms with Crippen molar-refractivity contribution in [2.75, 3.05) is 0 Å². The van der Waals surface area contributed by atoms with E-state index < -0.39 is 12.1 Å². The molecule has 0 amide bonds. The molecule has 0 unspecified atom stereocenters. The van der Waals surface area contributed by atoms with Gasteiger partial charge in [0.2, 0.25) is 0 Å². The van der Waals surface area contributed by atoms with Crippen molar-refractivity contribution in [1.82, 2.24) is 8.80 Å². The van der Waals surface area contributed by atoms with Crippen LogP contribution in [-0.2, 0) is 10.8 Å². The number of fused-ring (bicyclic) bond motifs is 12. The molecule has 0 saturated heterocycles. The fourth-order valence-electron chi connectivity index (χ4n) is 11.0. The molecule has 0 atom stereocenters. The lowest BCUT2D eigenvalue weighted by Crippen LogP contribution is -2.12. The largest absolute Gasteiger partial charge is 0.308 e. The number of nitrogens with zero attached hydrogens (tertiary/aromatic N) is 2. The molecule has 4 heterocycles. The van der Waals surface area contributed by atoms with Gasteiger partial charge in [-0.2, -0.15) is 0 Å². The van der Waals surface area contributed by atoms with E-state index >= 15 is 0 Å². The first-order chi connectivity index (χ1) is 35.2. The Bertz CT molecular complexity index is 4270. The summed E-state index contributed by atoms with van der Waals surface area (Å²) in [7, 11) is 0. The van der Waals surface area contributed by atoms with Crippen LogP contribution in [0.1, 0.15) is 66.4 Å². The molecule has 0 saturated carbocycles. The van der Waals surface area contributed by atoms with Crippen molar-refractivity contribution < 1.29 is 13.7 Å². The highest BCUT2D eigenvalue weighted by Gasteiger charge is 2.30. The lowest BCUT2D eigenvalue weighted by molar-refractivity contribution is 0.594. The van der Waals surface area contributed by atoms with E-state index in [1.54, 1.807) is 0 Å². The van der Waals surface area contributed by atoms with Crippen molar-refractivity contribution >= 4 is 76.2 Å². The van der Waals surface area contributed by atoms with Gasteiger partial charge in [0.05, 0.1) is 46.8 Å². The predicted molar refractivity (Wildman–Crippen MR) is 275 cm³/mol. The molecule has 0 spiro atoms. The molecular weight excluding hydrogens is 773 g/mol. The first-order valence-corrected chi connectivity index (χ1v) is 22.0. The number of rotatable bonds is 4. The highest BCUT2D eigenvalue weighted by Crippen LogP contribution is 2.51. The van der Waals surface area contributed by atoms with Crippen LogP contribution in [0.15, 0.2) is 182 Å².